The molecule has 0 bridgehead atoms. The van der Waals surface area contributed by atoms with E-state index in [1.165, 1.54) is 18.9 Å². The van der Waals surface area contributed by atoms with Gasteiger partial charge in [-0.2, -0.15) is 0 Å². The van der Waals surface area contributed by atoms with E-state index in [1.807, 2.05) is 11.9 Å². The first-order valence-corrected chi connectivity index (χ1v) is 7.33. The molecule has 0 spiro atoms. The van der Waals surface area contributed by atoms with Crippen LogP contribution in [0.5, 0.6) is 0 Å². The zero-order valence-corrected chi connectivity index (χ0v) is 12.7. The Balaban J connectivity index is 2.38. The van der Waals surface area contributed by atoms with Crippen LogP contribution in [0.4, 0.5) is 11.4 Å². The zero-order valence-electron chi connectivity index (χ0n) is 11.9. The molecule has 2 rings (SSSR count). The molecular weight excluding hydrogens is 276 g/mol. The second-order valence-electron chi connectivity index (χ2n) is 5.74. The maximum Gasteiger partial charge on any atom is 0.337 e. The lowest BCUT2D eigenvalue weighted by atomic mass is 9.86. The Kier molecular flexibility index (Phi) is 4.43. The van der Waals surface area contributed by atoms with Gasteiger partial charge in [0.15, 0.2) is 0 Å². The number of rotatable bonds is 3. The summed E-state index contributed by atoms with van der Waals surface area (Å²) in [6, 6.07) is 3.43. The van der Waals surface area contributed by atoms with Gasteiger partial charge in [-0.15, -0.1) is 0 Å². The Morgan fingerprint density at radius 3 is 2.75 bits per heavy atom. The lowest BCUT2D eigenvalue weighted by Gasteiger charge is -2.36. The molecule has 0 aromatic heterocycles. The van der Waals surface area contributed by atoms with E-state index in [0.29, 0.717) is 28.4 Å². The molecule has 1 saturated carbocycles. The highest BCUT2D eigenvalue weighted by Crippen LogP contribution is 2.36. The first-order chi connectivity index (χ1) is 9.40. The smallest absolute Gasteiger partial charge is 0.337 e. The van der Waals surface area contributed by atoms with E-state index in [9.17, 15) is 9.90 Å². The number of nitrogens with zero attached hydrogens (tertiary/aromatic N) is 1. The maximum atomic E-state index is 11.4. The second kappa shape index (κ2) is 5.92. The third-order valence-corrected chi connectivity index (χ3v) is 4.41. The molecule has 2 unspecified atom stereocenters. The van der Waals surface area contributed by atoms with E-state index in [1.54, 1.807) is 6.07 Å². The number of carboxylic acid groups (broad SMARTS) is 1. The lowest BCUT2D eigenvalue weighted by Crippen LogP contribution is -2.36. The molecule has 20 heavy (non-hydrogen) atoms. The number of nitrogens with two attached hydrogens (primary N) is 1. The van der Waals surface area contributed by atoms with Crippen molar-refractivity contribution in [3.63, 3.8) is 0 Å². The van der Waals surface area contributed by atoms with Gasteiger partial charge in [0.2, 0.25) is 0 Å². The quantitative estimate of drug-likeness (QED) is 0.836. The summed E-state index contributed by atoms with van der Waals surface area (Å²) in [6.45, 7) is 2.24. The number of anilines is 2. The fourth-order valence-electron chi connectivity index (χ4n) is 3.08. The van der Waals surface area contributed by atoms with Crippen LogP contribution in [0.2, 0.25) is 5.02 Å². The molecule has 110 valence electrons. The van der Waals surface area contributed by atoms with Crippen LogP contribution >= 0.6 is 11.6 Å². The van der Waals surface area contributed by atoms with Crippen molar-refractivity contribution in [3.05, 3.63) is 22.7 Å². The van der Waals surface area contributed by atoms with Crippen molar-refractivity contribution in [3.8, 4) is 0 Å². The predicted molar refractivity (Wildman–Crippen MR) is 82.6 cm³/mol. The minimum Gasteiger partial charge on any atom is -0.478 e. The van der Waals surface area contributed by atoms with Crippen LogP contribution in [0.3, 0.4) is 0 Å². The van der Waals surface area contributed by atoms with Crippen LogP contribution in [-0.4, -0.2) is 24.2 Å². The van der Waals surface area contributed by atoms with Gasteiger partial charge >= 0.3 is 5.97 Å². The molecular formula is C15H21ClN2O2. The summed E-state index contributed by atoms with van der Waals surface area (Å²) in [4.78, 5) is 13.5. The molecule has 0 heterocycles. The second-order valence-corrected chi connectivity index (χ2v) is 6.15. The van der Waals surface area contributed by atoms with Gasteiger partial charge in [0.25, 0.3) is 0 Å². The van der Waals surface area contributed by atoms with Gasteiger partial charge in [-0.1, -0.05) is 31.4 Å². The molecule has 4 nitrogen and oxygen atoms in total. The van der Waals surface area contributed by atoms with Crippen molar-refractivity contribution in [1.82, 2.24) is 0 Å². The molecule has 5 heteroatoms. The van der Waals surface area contributed by atoms with E-state index in [-0.39, 0.29) is 5.56 Å². The Labute approximate surface area is 124 Å². The molecule has 0 radical (unpaired) electrons. The number of halogens is 1. The fraction of sp³-hybridized carbons (Fsp3) is 0.533. The van der Waals surface area contributed by atoms with Crippen molar-refractivity contribution < 1.29 is 9.90 Å². The molecule has 1 aliphatic carbocycles. The maximum absolute atomic E-state index is 11.4. The highest BCUT2D eigenvalue weighted by Gasteiger charge is 2.27. The summed E-state index contributed by atoms with van der Waals surface area (Å²) >= 11 is 6.24. The average Bonchev–Trinajstić information content (AvgIpc) is 2.37. The highest BCUT2D eigenvalue weighted by molar-refractivity contribution is 6.34. The van der Waals surface area contributed by atoms with Crippen LogP contribution in [0.1, 0.15) is 43.0 Å². The number of hydrogen-bond acceptors (Lipinski definition) is 3. The van der Waals surface area contributed by atoms with Crippen molar-refractivity contribution in [1.29, 1.82) is 0 Å². The summed E-state index contributed by atoms with van der Waals surface area (Å²) in [7, 11) is 1.92. The number of benzene rings is 1. The van der Waals surface area contributed by atoms with Crippen molar-refractivity contribution in [2.75, 3.05) is 17.7 Å². The number of nitrogen functional groups attached to an aromatic ring is 1. The van der Waals surface area contributed by atoms with Crippen molar-refractivity contribution >= 4 is 28.9 Å². The third-order valence-electron chi connectivity index (χ3n) is 4.13. The van der Waals surface area contributed by atoms with Crippen molar-refractivity contribution in [2.24, 2.45) is 5.92 Å². The van der Waals surface area contributed by atoms with Crippen LogP contribution in [-0.2, 0) is 0 Å². The van der Waals surface area contributed by atoms with Crippen molar-refractivity contribution in [2.45, 2.75) is 38.6 Å². The Hall–Kier alpha value is -1.42. The summed E-state index contributed by atoms with van der Waals surface area (Å²) < 4.78 is 0. The molecule has 2 atom stereocenters. The number of carboxylic acids is 1. The standard InChI is InChI=1S/C15H21ClN2O2/c1-9-4-3-5-11(6-9)18(2)14-12(15(19)20)7-10(17)8-13(14)16/h7-9,11H,3-6,17H2,1-2H3,(H,19,20). The molecule has 0 aliphatic heterocycles. The summed E-state index contributed by atoms with van der Waals surface area (Å²) in [5.74, 6) is -0.332. The van der Waals surface area contributed by atoms with E-state index in [4.69, 9.17) is 17.3 Å². The van der Waals surface area contributed by atoms with Gasteiger partial charge < -0.3 is 15.7 Å². The van der Waals surface area contributed by atoms with Crippen LogP contribution in [0.25, 0.3) is 0 Å². The Bertz CT molecular complexity index is 519. The van der Waals surface area contributed by atoms with Crippen LogP contribution < -0.4 is 10.6 Å². The topological polar surface area (TPSA) is 66.6 Å². The SMILES string of the molecule is CC1CCCC(N(C)c2c(Cl)cc(N)cc2C(=O)O)C1. The van der Waals surface area contributed by atoms with E-state index in [0.717, 1.165) is 12.8 Å². The Morgan fingerprint density at radius 2 is 2.15 bits per heavy atom. The average molecular weight is 297 g/mol. The van der Waals surface area contributed by atoms with Gasteiger partial charge in [0, 0.05) is 18.8 Å². The Morgan fingerprint density at radius 1 is 1.45 bits per heavy atom. The molecule has 0 saturated heterocycles. The first-order valence-electron chi connectivity index (χ1n) is 6.95. The van der Waals surface area contributed by atoms with E-state index >= 15 is 0 Å². The minimum atomic E-state index is -0.995. The fourth-order valence-corrected chi connectivity index (χ4v) is 3.44. The normalized spacial score (nSPS) is 22.6. The van der Waals surface area contributed by atoms with Gasteiger partial charge in [0.1, 0.15) is 0 Å². The largest absolute Gasteiger partial charge is 0.478 e. The minimum absolute atomic E-state index is 0.177. The summed E-state index contributed by atoms with van der Waals surface area (Å²) in [5, 5.41) is 9.78. The van der Waals surface area contributed by atoms with Gasteiger partial charge in [0.05, 0.1) is 16.3 Å². The predicted octanol–water partition coefficient (Wildman–Crippen LogP) is 3.64. The molecule has 1 aromatic carbocycles. The highest BCUT2D eigenvalue weighted by atomic mass is 35.5. The number of hydrogen-bond donors (Lipinski definition) is 2. The van der Waals surface area contributed by atoms with Crippen LogP contribution in [0, 0.1) is 5.92 Å². The zero-order chi connectivity index (χ0) is 14.9. The monoisotopic (exact) mass is 296 g/mol. The molecule has 1 aromatic rings. The van der Waals surface area contributed by atoms with Gasteiger partial charge in [-0.25, -0.2) is 4.79 Å². The van der Waals surface area contributed by atoms with Gasteiger partial charge in [-0.3, -0.25) is 0 Å². The summed E-state index contributed by atoms with van der Waals surface area (Å²) in [5.41, 5.74) is 6.83. The third kappa shape index (κ3) is 3.01. The molecule has 3 N–H and O–H groups in total. The van der Waals surface area contributed by atoms with Crippen LogP contribution in [0.15, 0.2) is 12.1 Å². The first kappa shape index (κ1) is 15.0. The molecule has 1 aliphatic rings. The molecule has 1 fully saturated rings. The van der Waals surface area contributed by atoms with E-state index < -0.39 is 5.97 Å². The van der Waals surface area contributed by atoms with E-state index in [2.05, 4.69) is 6.92 Å². The molecule has 0 amide bonds. The lowest BCUT2D eigenvalue weighted by molar-refractivity contribution is 0.0697. The number of aromatic carboxylic acids is 1. The number of carbonyl (C=O) groups is 1. The van der Waals surface area contributed by atoms with Gasteiger partial charge in [-0.05, 0) is 30.9 Å². The summed E-state index contributed by atoms with van der Waals surface area (Å²) in [6.07, 6.45) is 4.55.